The summed E-state index contributed by atoms with van der Waals surface area (Å²) in [6, 6.07) is 0. The van der Waals surface area contributed by atoms with Crippen molar-refractivity contribution >= 4 is 0 Å². The molecule has 2 bridgehead atoms. The average Bonchev–Trinajstić information content (AvgIpc) is 2.75. The number of ether oxygens (including phenoxy) is 1. The molecule has 0 saturated heterocycles. The Morgan fingerprint density at radius 1 is 1.33 bits per heavy atom. The van der Waals surface area contributed by atoms with Crippen LogP contribution in [0.1, 0.15) is 53.9 Å². The van der Waals surface area contributed by atoms with Crippen molar-refractivity contribution in [1.82, 2.24) is 5.32 Å². The van der Waals surface area contributed by atoms with Crippen molar-refractivity contribution in [2.75, 3.05) is 19.8 Å². The number of aliphatic hydroxyl groups excluding tert-OH is 2. The van der Waals surface area contributed by atoms with E-state index in [1.807, 2.05) is 13.8 Å². The van der Waals surface area contributed by atoms with E-state index in [2.05, 4.69) is 26.1 Å². The van der Waals surface area contributed by atoms with Gasteiger partial charge in [-0.25, -0.2) is 0 Å². The highest BCUT2D eigenvalue weighted by Gasteiger charge is 2.61. The SMILES string of the molecule is CC(C)(CO)NC[C@H](O)CO[C@H]1C[C@H]2CC[C@@]1(C)C2(C)C. The Hall–Kier alpha value is -0.160. The van der Waals surface area contributed by atoms with Crippen LogP contribution in [-0.4, -0.2) is 47.7 Å². The molecule has 2 rings (SSSR count). The number of rotatable bonds is 7. The molecule has 4 atom stereocenters. The summed E-state index contributed by atoms with van der Waals surface area (Å²) in [7, 11) is 0. The molecule has 2 aliphatic carbocycles. The van der Waals surface area contributed by atoms with Crippen molar-refractivity contribution in [2.24, 2.45) is 16.7 Å². The fraction of sp³-hybridized carbons (Fsp3) is 1.00. The molecule has 0 aromatic rings. The monoisotopic (exact) mass is 299 g/mol. The molecule has 2 fully saturated rings. The molecule has 0 spiro atoms. The van der Waals surface area contributed by atoms with Crippen LogP contribution in [0.3, 0.4) is 0 Å². The smallest absolute Gasteiger partial charge is 0.0898 e. The van der Waals surface area contributed by atoms with Crippen molar-refractivity contribution in [3.8, 4) is 0 Å². The highest BCUT2D eigenvalue weighted by Crippen LogP contribution is 2.66. The van der Waals surface area contributed by atoms with Gasteiger partial charge in [-0.3, -0.25) is 0 Å². The van der Waals surface area contributed by atoms with Crippen molar-refractivity contribution in [2.45, 2.75) is 71.6 Å². The predicted octanol–water partition coefficient (Wildman–Crippen LogP) is 1.94. The van der Waals surface area contributed by atoms with Crippen LogP contribution in [0.15, 0.2) is 0 Å². The van der Waals surface area contributed by atoms with Gasteiger partial charge in [0, 0.05) is 12.1 Å². The maximum Gasteiger partial charge on any atom is 0.0898 e. The number of hydrogen-bond donors (Lipinski definition) is 3. The van der Waals surface area contributed by atoms with Crippen LogP contribution in [0.2, 0.25) is 0 Å². The Labute approximate surface area is 129 Å². The summed E-state index contributed by atoms with van der Waals surface area (Å²) in [5.74, 6) is 0.760. The summed E-state index contributed by atoms with van der Waals surface area (Å²) in [6.45, 7) is 11.8. The molecule has 124 valence electrons. The zero-order chi connectivity index (χ0) is 15.9. The molecular formula is C17H33NO3. The van der Waals surface area contributed by atoms with Gasteiger partial charge in [0.15, 0.2) is 0 Å². The highest BCUT2D eigenvalue weighted by molar-refractivity contribution is 5.11. The van der Waals surface area contributed by atoms with Gasteiger partial charge >= 0.3 is 0 Å². The number of aliphatic hydroxyl groups is 2. The zero-order valence-electron chi connectivity index (χ0n) is 14.3. The van der Waals surface area contributed by atoms with E-state index in [9.17, 15) is 10.2 Å². The molecule has 0 aromatic heterocycles. The van der Waals surface area contributed by atoms with Gasteiger partial charge in [0.05, 0.1) is 25.4 Å². The number of fused-ring (bicyclic) bond motifs is 2. The topological polar surface area (TPSA) is 61.7 Å². The van der Waals surface area contributed by atoms with Gasteiger partial charge in [-0.15, -0.1) is 0 Å². The summed E-state index contributed by atoms with van der Waals surface area (Å²) >= 11 is 0. The van der Waals surface area contributed by atoms with E-state index in [1.165, 1.54) is 12.8 Å². The molecule has 2 saturated carbocycles. The first-order valence-electron chi connectivity index (χ1n) is 8.28. The van der Waals surface area contributed by atoms with Crippen LogP contribution in [0.25, 0.3) is 0 Å². The van der Waals surface area contributed by atoms with E-state index in [4.69, 9.17) is 4.74 Å². The summed E-state index contributed by atoms with van der Waals surface area (Å²) in [5, 5.41) is 22.4. The Balaban J connectivity index is 1.80. The summed E-state index contributed by atoms with van der Waals surface area (Å²) in [5.41, 5.74) is 0.232. The predicted molar refractivity (Wildman–Crippen MR) is 84.1 cm³/mol. The maximum absolute atomic E-state index is 10.1. The quantitative estimate of drug-likeness (QED) is 0.672. The lowest BCUT2D eigenvalue weighted by atomic mass is 9.70. The molecule has 0 heterocycles. The van der Waals surface area contributed by atoms with E-state index in [0.717, 1.165) is 12.3 Å². The molecule has 0 unspecified atom stereocenters. The lowest BCUT2D eigenvalue weighted by molar-refractivity contribution is -0.0751. The van der Waals surface area contributed by atoms with E-state index in [1.54, 1.807) is 0 Å². The van der Waals surface area contributed by atoms with Crippen LogP contribution in [0.5, 0.6) is 0 Å². The van der Waals surface area contributed by atoms with Crippen molar-refractivity contribution in [3.05, 3.63) is 0 Å². The molecular weight excluding hydrogens is 266 g/mol. The van der Waals surface area contributed by atoms with Gasteiger partial charge in [-0.2, -0.15) is 0 Å². The van der Waals surface area contributed by atoms with Crippen LogP contribution >= 0.6 is 0 Å². The molecule has 4 nitrogen and oxygen atoms in total. The molecule has 2 aliphatic rings. The lowest BCUT2D eigenvalue weighted by Gasteiger charge is -2.39. The Morgan fingerprint density at radius 2 is 2.00 bits per heavy atom. The number of nitrogens with one attached hydrogen (secondary N) is 1. The summed E-state index contributed by atoms with van der Waals surface area (Å²) in [4.78, 5) is 0. The maximum atomic E-state index is 10.1. The lowest BCUT2D eigenvalue weighted by Crippen LogP contribution is -2.47. The second-order valence-corrected chi connectivity index (χ2v) is 8.51. The zero-order valence-corrected chi connectivity index (χ0v) is 14.3. The number of β-amino-alcohol motifs (C(OH)–C–C–N with tert-alkyl or cyclic N) is 1. The third-order valence-corrected chi connectivity index (χ3v) is 6.42. The molecule has 0 radical (unpaired) electrons. The first-order chi connectivity index (χ1) is 9.62. The largest absolute Gasteiger partial charge is 0.394 e. The Morgan fingerprint density at radius 3 is 2.48 bits per heavy atom. The fourth-order valence-electron chi connectivity index (χ4n) is 4.12. The van der Waals surface area contributed by atoms with Gasteiger partial charge in [0.1, 0.15) is 0 Å². The van der Waals surface area contributed by atoms with E-state index in [-0.39, 0.29) is 23.7 Å². The molecule has 4 heteroatoms. The van der Waals surface area contributed by atoms with Crippen LogP contribution in [0.4, 0.5) is 0 Å². The van der Waals surface area contributed by atoms with Crippen LogP contribution < -0.4 is 5.32 Å². The first kappa shape index (κ1) is 17.2. The molecule has 0 aliphatic heterocycles. The van der Waals surface area contributed by atoms with Gasteiger partial charge in [-0.05, 0) is 49.9 Å². The number of hydrogen-bond acceptors (Lipinski definition) is 4. The Bertz CT molecular complexity index is 369. The van der Waals surface area contributed by atoms with Gasteiger partial charge < -0.3 is 20.3 Å². The molecule has 0 amide bonds. The van der Waals surface area contributed by atoms with E-state index in [0.29, 0.717) is 18.6 Å². The van der Waals surface area contributed by atoms with Gasteiger partial charge in [-0.1, -0.05) is 20.8 Å². The third-order valence-electron chi connectivity index (χ3n) is 6.42. The van der Waals surface area contributed by atoms with Crippen molar-refractivity contribution in [1.29, 1.82) is 0 Å². The highest BCUT2D eigenvalue weighted by atomic mass is 16.5. The second-order valence-electron chi connectivity index (χ2n) is 8.51. The molecule has 3 N–H and O–H groups in total. The normalized spacial score (nSPS) is 36.1. The third kappa shape index (κ3) is 3.14. The Kier molecular flexibility index (Phi) is 4.75. The van der Waals surface area contributed by atoms with Crippen LogP contribution in [0, 0.1) is 16.7 Å². The minimum Gasteiger partial charge on any atom is -0.394 e. The summed E-state index contributed by atoms with van der Waals surface area (Å²) < 4.78 is 6.08. The van der Waals surface area contributed by atoms with Gasteiger partial charge in [0.25, 0.3) is 0 Å². The van der Waals surface area contributed by atoms with Gasteiger partial charge in [0.2, 0.25) is 0 Å². The van der Waals surface area contributed by atoms with E-state index < -0.39 is 6.10 Å². The minimum absolute atomic E-state index is 0.0527. The molecule has 21 heavy (non-hydrogen) atoms. The average molecular weight is 299 g/mol. The van der Waals surface area contributed by atoms with Crippen molar-refractivity contribution < 1.29 is 14.9 Å². The second kappa shape index (κ2) is 5.80. The van der Waals surface area contributed by atoms with Crippen LogP contribution in [-0.2, 0) is 4.74 Å². The first-order valence-corrected chi connectivity index (χ1v) is 8.28. The van der Waals surface area contributed by atoms with Crippen molar-refractivity contribution in [3.63, 3.8) is 0 Å². The fourth-order valence-corrected chi connectivity index (χ4v) is 4.12. The van der Waals surface area contributed by atoms with E-state index >= 15 is 0 Å². The minimum atomic E-state index is -0.526. The standard InChI is InChI=1S/C17H33NO3/c1-15(2,11-19)18-9-13(20)10-21-14-8-12-6-7-17(14,5)16(12,3)4/h12-14,18-20H,6-11H2,1-5H3/t12-,13+,14+,17-/m1/s1. The summed E-state index contributed by atoms with van der Waals surface area (Å²) in [6.07, 6.45) is 3.43. The molecule has 0 aromatic carbocycles.